The topological polar surface area (TPSA) is 61.1 Å². The number of nitriles is 1. The first-order chi connectivity index (χ1) is 6.77. The maximum atomic E-state index is 10.6. The molecule has 0 spiro atoms. The van der Waals surface area contributed by atoms with Gasteiger partial charge in [0.2, 0.25) is 0 Å². The number of aromatic hydroxyl groups is 1. The number of carbonyl (C=O) groups is 1. The van der Waals surface area contributed by atoms with Gasteiger partial charge in [-0.1, -0.05) is 0 Å². The second-order valence-electron chi connectivity index (χ2n) is 2.75. The maximum absolute atomic E-state index is 10.6. The minimum Gasteiger partial charge on any atom is -0.506 e. The highest BCUT2D eigenvalue weighted by molar-refractivity contribution is 7.17. The molecular formula is C10H5NO2S. The molecule has 0 bridgehead atoms. The summed E-state index contributed by atoms with van der Waals surface area (Å²) < 4.78 is 0.646. The zero-order valence-electron chi connectivity index (χ0n) is 7.02. The first-order valence-electron chi connectivity index (χ1n) is 3.86. The van der Waals surface area contributed by atoms with Crippen LogP contribution in [0.5, 0.6) is 5.75 Å². The first-order valence-corrected chi connectivity index (χ1v) is 4.74. The molecular weight excluding hydrogens is 198 g/mol. The van der Waals surface area contributed by atoms with Gasteiger partial charge in [0, 0.05) is 10.9 Å². The molecule has 0 aliphatic carbocycles. The van der Waals surface area contributed by atoms with E-state index in [4.69, 9.17) is 5.26 Å². The number of aldehydes is 1. The van der Waals surface area contributed by atoms with E-state index in [9.17, 15) is 9.90 Å². The van der Waals surface area contributed by atoms with Crippen molar-refractivity contribution in [3.63, 3.8) is 0 Å². The summed E-state index contributed by atoms with van der Waals surface area (Å²) in [7, 11) is 0. The Morgan fingerprint density at radius 2 is 2.36 bits per heavy atom. The molecule has 0 atom stereocenters. The molecule has 0 fully saturated rings. The number of nitrogens with zero attached hydrogens (tertiary/aromatic N) is 1. The van der Waals surface area contributed by atoms with Crippen molar-refractivity contribution in [3.8, 4) is 11.8 Å². The molecule has 2 aromatic rings. The van der Waals surface area contributed by atoms with Crippen molar-refractivity contribution in [3.05, 3.63) is 28.6 Å². The molecule has 0 radical (unpaired) electrons. The van der Waals surface area contributed by atoms with Crippen molar-refractivity contribution in [2.75, 3.05) is 0 Å². The zero-order valence-corrected chi connectivity index (χ0v) is 7.84. The van der Waals surface area contributed by atoms with Crippen LogP contribution in [-0.2, 0) is 0 Å². The first kappa shape index (κ1) is 8.73. The highest BCUT2D eigenvalue weighted by Gasteiger charge is 2.11. The van der Waals surface area contributed by atoms with Gasteiger partial charge in [-0.15, -0.1) is 11.3 Å². The Morgan fingerprint density at radius 3 is 3.00 bits per heavy atom. The number of benzene rings is 1. The normalized spacial score (nSPS) is 9.93. The van der Waals surface area contributed by atoms with Gasteiger partial charge in [0.25, 0.3) is 0 Å². The highest BCUT2D eigenvalue weighted by Crippen LogP contribution is 2.33. The lowest BCUT2D eigenvalue weighted by Gasteiger charge is -2.00. The third-order valence-corrected chi connectivity index (χ3v) is 2.92. The van der Waals surface area contributed by atoms with Crippen LogP contribution in [0.25, 0.3) is 10.1 Å². The van der Waals surface area contributed by atoms with Crippen molar-refractivity contribution in [2.45, 2.75) is 0 Å². The summed E-state index contributed by atoms with van der Waals surface area (Å²) in [6.45, 7) is 0. The number of fused-ring (bicyclic) bond motifs is 1. The number of rotatable bonds is 1. The van der Waals surface area contributed by atoms with E-state index in [1.807, 2.05) is 6.07 Å². The van der Waals surface area contributed by atoms with E-state index >= 15 is 0 Å². The summed E-state index contributed by atoms with van der Waals surface area (Å²) in [5, 5.41) is 20.8. The van der Waals surface area contributed by atoms with Crippen LogP contribution in [0, 0.1) is 11.3 Å². The van der Waals surface area contributed by atoms with Crippen LogP contribution in [-0.4, -0.2) is 11.4 Å². The van der Waals surface area contributed by atoms with E-state index in [0.29, 0.717) is 21.9 Å². The van der Waals surface area contributed by atoms with Crippen molar-refractivity contribution in [1.29, 1.82) is 5.26 Å². The minimum atomic E-state index is 0.0519. The molecule has 68 valence electrons. The van der Waals surface area contributed by atoms with Crippen LogP contribution in [0.3, 0.4) is 0 Å². The second-order valence-corrected chi connectivity index (χ2v) is 3.67. The van der Waals surface area contributed by atoms with E-state index in [0.717, 1.165) is 0 Å². The molecule has 0 saturated carbocycles. The number of phenolic OH excluding ortho intramolecular Hbond substituents is 1. The average molecular weight is 203 g/mol. The monoisotopic (exact) mass is 203 g/mol. The molecule has 1 N–H and O–H groups in total. The Balaban J connectivity index is 2.97. The van der Waals surface area contributed by atoms with Crippen molar-refractivity contribution < 1.29 is 9.90 Å². The molecule has 4 heteroatoms. The number of hydrogen-bond donors (Lipinski definition) is 1. The second kappa shape index (κ2) is 3.13. The minimum absolute atomic E-state index is 0.0519. The van der Waals surface area contributed by atoms with Crippen LogP contribution < -0.4 is 0 Å². The zero-order chi connectivity index (χ0) is 10.1. The molecule has 0 unspecified atom stereocenters. The van der Waals surface area contributed by atoms with Gasteiger partial charge in [-0.25, -0.2) is 0 Å². The quantitative estimate of drug-likeness (QED) is 0.723. The average Bonchev–Trinajstić information content (AvgIpc) is 2.66. The number of thiophene rings is 1. The molecule has 0 saturated heterocycles. The Bertz CT molecular complexity index is 551. The summed E-state index contributed by atoms with van der Waals surface area (Å²) in [6, 6.07) is 5.02. The van der Waals surface area contributed by atoms with Gasteiger partial charge < -0.3 is 5.11 Å². The lowest BCUT2D eigenvalue weighted by Crippen LogP contribution is -1.87. The Labute approximate surface area is 83.8 Å². The molecule has 1 aromatic carbocycles. The molecule has 3 nitrogen and oxygen atoms in total. The van der Waals surface area contributed by atoms with Crippen molar-refractivity contribution >= 4 is 27.7 Å². The lowest BCUT2D eigenvalue weighted by molar-refractivity contribution is 0.112. The third-order valence-electron chi connectivity index (χ3n) is 1.99. The molecule has 0 aliphatic rings. The van der Waals surface area contributed by atoms with E-state index < -0.39 is 0 Å². The predicted molar refractivity (Wildman–Crippen MR) is 53.6 cm³/mol. The van der Waals surface area contributed by atoms with Gasteiger partial charge in [0.05, 0.1) is 10.3 Å². The van der Waals surface area contributed by atoms with Gasteiger partial charge >= 0.3 is 0 Å². The lowest BCUT2D eigenvalue weighted by atomic mass is 10.1. The van der Waals surface area contributed by atoms with Gasteiger partial charge in [0.1, 0.15) is 11.8 Å². The Kier molecular flexibility index (Phi) is 1.95. The summed E-state index contributed by atoms with van der Waals surface area (Å²) in [4.78, 5) is 10.6. The number of hydrogen-bond acceptors (Lipinski definition) is 4. The van der Waals surface area contributed by atoms with Crippen LogP contribution >= 0.6 is 11.3 Å². The van der Waals surface area contributed by atoms with Gasteiger partial charge in [-0.05, 0) is 17.5 Å². The van der Waals surface area contributed by atoms with Crippen LogP contribution in [0.15, 0.2) is 17.5 Å². The summed E-state index contributed by atoms with van der Waals surface area (Å²) >= 11 is 1.35. The molecule has 0 aliphatic heterocycles. The Morgan fingerprint density at radius 1 is 1.57 bits per heavy atom. The summed E-state index contributed by atoms with van der Waals surface area (Å²) in [5.74, 6) is 0.0519. The highest BCUT2D eigenvalue weighted by atomic mass is 32.1. The van der Waals surface area contributed by atoms with E-state index in [2.05, 4.69) is 0 Å². The van der Waals surface area contributed by atoms with Crippen LogP contribution in [0.4, 0.5) is 0 Å². The molecule has 14 heavy (non-hydrogen) atoms. The van der Waals surface area contributed by atoms with Crippen molar-refractivity contribution in [2.24, 2.45) is 0 Å². The van der Waals surface area contributed by atoms with Crippen molar-refractivity contribution in [1.82, 2.24) is 0 Å². The standard InChI is InChI=1S/C10H5NO2S/c11-4-8-6(5-12)3-9(13)10-7(8)1-2-14-10/h1-3,5,13H. The predicted octanol–water partition coefficient (Wildman–Crippen LogP) is 2.29. The largest absolute Gasteiger partial charge is 0.506 e. The fourth-order valence-corrected chi connectivity index (χ4v) is 2.18. The smallest absolute Gasteiger partial charge is 0.151 e. The number of carbonyl (C=O) groups excluding carboxylic acids is 1. The molecule has 0 amide bonds. The summed E-state index contributed by atoms with van der Waals surface area (Å²) in [6.07, 6.45) is 0.579. The molecule has 1 heterocycles. The maximum Gasteiger partial charge on any atom is 0.151 e. The Hall–Kier alpha value is -1.86. The third kappa shape index (κ3) is 1.07. The molecule has 2 rings (SSSR count). The van der Waals surface area contributed by atoms with E-state index in [1.165, 1.54) is 17.4 Å². The molecule has 1 aromatic heterocycles. The van der Waals surface area contributed by atoms with Gasteiger partial charge in [-0.2, -0.15) is 5.26 Å². The van der Waals surface area contributed by atoms with Gasteiger partial charge in [-0.3, -0.25) is 4.79 Å². The fraction of sp³-hybridized carbons (Fsp3) is 0. The summed E-state index contributed by atoms with van der Waals surface area (Å²) in [5.41, 5.74) is 0.560. The van der Waals surface area contributed by atoms with Gasteiger partial charge in [0.15, 0.2) is 6.29 Å². The number of phenols is 1. The van der Waals surface area contributed by atoms with E-state index in [1.54, 1.807) is 11.4 Å². The van der Waals surface area contributed by atoms with Crippen LogP contribution in [0.2, 0.25) is 0 Å². The fourth-order valence-electron chi connectivity index (χ4n) is 1.36. The SMILES string of the molecule is N#Cc1c(C=O)cc(O)c2sccc12. The van der Waals surface area contributed by atoms with Crippen LogP contribution in [0.1, 0.15) is 15.9 Å². The van der Waals surface area contributed by atoms with E-state index in [-0.39, 0.29) is 11.3 Å².